The molecule has 0 aromatic heterocycles. The second-order valence-electron chi connectivity index (χ2n) is 6.68. The molecule has 2 heteroatoms. The molecule has 0 aliphatic heterocycles. The van der Waals surface area contributed by atoms with Crippen LogP contribution in [0.4, 0.5) is 0 Å². The van der Waals surface area contributed by atoms with Crippen LogP contribution in [-0.4, -0.2) is 13.3 Å². The van der Waals surface area contributed by atoms with Gasteiger partial charge in [0.2, 0.25) is 0 Å². The van der Waals surface area contributed by atoms with E-state index in [1.165, 1.54) is 34.6 Å². The lowest BCUT2D eigenvalue weighted by Gasteiger charge is -2.13. The second-order valence-corrected chi connectivity index (χ2v) is 8.81. The highest BCUT2D eigenvalue weighted by molar-refractivity contribution is 7.36. The van der Waals surface area contributed by atoms with Crippen LogP contribution < -0.4 is 0 Å². The van der Waals surface area contributed by atoms with Crippen molar-refractivity contribution in [2.45, 2.75) is 67.7 Å². The quantitative estimate of drug-likeness (QED) is 0.217. The zero-order chi connectivity index (χ0) is 29.3. The highest BCUT2D eigenvalue weighted by atomic mass is 31.1. The molecule has 4 aromatic rings. The van der Waals surface area contributed by atoms with Gasteiger partial charge in [0.25, 0.3) is 0 Å². The van der Waals surface area contributed by atoms with Gasteiger partial charge in [-0.15, -0.1) is 17.2 Å². The van der Waals surface area contributed by atoms with E-state index in [4.69, 9.17) is 0 Å². The Morgan fingerprint density at radius 2 is 0.553 bits per heavy atom. The molecule has 0 N–H and O–H groups in total. The molecule has 0 aliphatic rings. The monoisotopic (exact) mass is 550 g/mol. The molecule has 4 rings (SSSR count). The van der Waals surface area contributed by atoms with Gasteiger partial charge >= 0.3 is 0 Å². The zero-order valence-electron chi connectivity index (χ0n) is 26.0. The van der Waals surface area contributed by atoms with Crippen molar-refractivity contribution in [3.63, 3.8) is 0 Å². The van der Waals surface area contributed by atoms with Gasteiger partial charge in [0.1, 0.15) is 0 Å². The molecule has 0 spiro atoms. The van der Waals surface area contributed by atoms with Gasteiger partial charge in [-0.3, -0.25) is 0 Å². The predicted octanol–water partition coefficient (Wildman–Crippen LogP) is 12.4. The Kier molecular flexibility index (Phi) is 36.8. The SMILES string of the molecule is CC.CC.CC.CC.CPCc1ccccc1-c1ccccc1CPC.c1ccccc1.c1ccccc1. The molecular weight excluding hydrogens is 494 g/mol. The Morgan fingerprint density at radius 1 is 0.342 bits per heavy atom. The van der Waals surface area contributed by atoms with Crippen LogP contribution in [0.5, 0.6) is 0 Å². The number of hydrogen-bond acceptors (Lipinski definition) is 0. The molecule has 2 atom stereocenters. The Bertz CT molecular complexity index is 789. The van der Waals surface area contributed by atoms with Crippen LogP contribution in [0, 0.1) is 0 Å². The molecule has 0 saturated heterocycles. The molecule has 0 nitrogen and oxygen atoms in total. The first kappa shape index (κ1) is 40.2. The smallest absolute Gasteiger partial charge is 0.00969 e. The molecule has 2 unspecified atom stereocenters. The summed E-state index contributed by atoms with van der Waals surface area (Å²) >= 11 is 0. The molecule has 4 aromatic carbocycles. The molecule has 38 heavy (non-hydrogen) atoms. The largest absolute Gasteiger partial charge is 0.121 e. The molecule has 0 heterocycles. The van der Waals surface area contributed by atoms with Crippen molar-refractivity contribution in [3.05, 3.63) is 132 Å². The second kappa shape index (κ2) is 34.7. The number of hydrogen-bond donors (Lipinski definition) is 0. The van der Waals surface area contributed by atoms with Crippen molar-refractivity contribution >= 4 is 17.2 Å². The third kappa shape index (κ3) is 20.8. The van der Waals surface area contributed by atoms with Gasteiger partial charge in [-0.2, -0.15) is 0 Å². The highest BCUT2D eigenvalue weighted by Gasteiger charge is 2.07. The van der Waals surface area contributed by atoms with Crippen LogP contribution in [0.2, 0.25) is 0 Å². The first-order valence-corrected chi connectivity index (χ1v) is 17.7. The van der Waals surface area contributed by atoms with Crippen LogP contribution >= 0.6 is 17.2 Å². The van der Waals surface area contributed by atoms with Crippen LogP contribution in [0.25, 0.3) is 11.1 Å². The van der Waals surface area contributed by atoms with E-state index in [2.05, 4.69) is 61.9 Å². The van der Waals surface area contributed by atoms with E-state index in [1.54, 1.807) is 0 Å². The molecule has 0 saturated carbocycles. The number of rotatable bonds is 5. The lowest BCUT2D eigenvalue weighted by molar-refractivity contribution is 1.35. The van der Waals surface area contributed by atoms with Crippen molar-refractivity contribution in [3.8, 4) is 11.1 Å². The summed E-state index contributed by atoms with van der Waals surface area (Å²) in [6.45, 7) is 20.5. The summed E-state index contributed by atoms with van der Waals surface area (Å²) in [4.78, 5) is 0. The van der Waals surface area contributed by atoms with Crippen LogP contribution in [0.3, 0.4) is 0 Å². The van der Waals surface area contributed by atoms with E-state index in [1.807, 2.05) is 128 Å². The first-order chi connectivity index (χ1) is 18.9. The summed E-state index contributed by atoms with van der Waals surface area (Å²) in [6, 6.07) is 41.7. The van der Waals surface area contributed by atoms with Gasteiger partial charge < -0.3 is 0 Å². The lowest BCUT2D eigenvalue weighted by Crippen LogP contribution is -1.91. The van der Waals surface area contributed by atoms with E-state index < -0.39 is 0 Å². The normalized spacial score (nSPS) is 8.79. The minimum absolute atomic E-state index is 0.976. The van der Waals surface area contributed by atoms with Crippen molar-refractivity contribution in [2.24, 2.45) is 0 Å². The Labute approximate surface area is 241 Å². The maximum atomic E-state index is 2.27. The Hall–Kier alpha value is -2.26. The van der Waals surface area contributed by atoms with Gasteiger partial charge in [-0.25, -0.2) is 0 Å². The van der Waals surface area contributed by atoms with E-state index in [0.29, 0.717) is 0 Å². The van der Waals surface area contributed by atoms with Gasteiger partial charge in [-0.05, 0) is 47.9 Å². The summed E-state index contributed by atoms with van der Waals surface area (Å²) in [6.07, 6.45) is 2.39. The predicted molar refractivity (Wildman–Crippen MR) is 186 cm³/mol. The average Bonchev–Trinajstić information content (AvgIpc) is 3.04. The van der Waals surface area contributed by atoms with E-state index in [9.17, 15) is 0 Å². The minimum Gasteiger partial charge on any atom is -0.121 e. The van der Waals surface area contributed by atoms with Crippen molar-refractivity contribution in [1.29, 1.82) is 0 Å². The summed E-state index contributed by atoms with van der Waals surface area (Å²) < 4.78 is 0. The molecular formula is C36H56P2. The molecule has 0 fully saturated rings. The maximum Gasteiger partial charge on any atom is -0.00969 e. The molecule has 0 radical (unpaired) electrons. The van der Waals surface area contributed by atoms with Crippen LogP contribution in [0.15, 0.2) is 121 Å². The van der Waals surface area contributed by atoms with Crippen LogP contribution in [-0.2, 0) is 12.3 Å². The fourth-order valence-electron chi connectivity index (χ4n) is 3.03. The standard InChI is InChI=1S/C16H20P2.2C6H6.4C2H6/c1-17-11-13-7-3-5-9-15(13)16-10-6-4-8-14(16)12-18-2;2*1-2-4-6-5-3-1;4*1-2/h3-10,17-18H,11-12H2,1-2H3;2*1-6H;4*1-2H3. The molecule has 0 bridgehead atoms. The fraction of sp³-hybridized carbons (Fsp3) is 0.333. The van der Waals surface area contributed by atoms with Gasteiger partial charge in [0.05, 0.1) is 0 Å². The third-order valence-electron chi connectivity index (χ3n) is 4.39. The van der Waals surface area contributed by atoms with E-state index >= 15 is 0 Å². The van der Waals surface area contributed by atoms with Crippen molar-refractivity contribution in [2.75, 3.05) is 13.3 Å². The maximum absolute atomic E-state index is 2.27. The highest BCUT2D eigenvalue weighted by Crippen LogP contribution is 2.32. The number of benzene rings is 4. The summed E-state index contributed by atoms with van der Waals surface area (Å²) in [5.41, 5.74) is 5.84. The zero-order valence-corrected chi connectivity index (χ0v) is 28.0. The topological polar surface area (TPSA) is 0 Å². The Morgan fingerprint density at radius 3 is 0.763 bits per heavy atom. The van der Waals surface area contributed by atoms with E-state index in [0.717, 1.165) is 17.2 Å². The Balaban J connectivity index is -0.000000503. The average molecular weight is 551 g/mol. The summed E-state index contributed by atoms with van der Waals surface area (Å²) in [7, 11) is 1.95. The minimum atomic E-state index is 0.976. The lowest BCUT2D eigenvalue weighted by atomic mass is 9.97. The molecule has 210 valence electrons. The third-order valence-corrected chi connectivity index (χ3v) is 5.86. The van der Waals surface area contributed by atoms with Gasteiger partial charge in [0.15, 0.2) is 0 Å². The molecule has 0 amide bonds. The summed E-state index contributed by atoms with van der Waals surface area (Å²) in [5, 5.41) is 0. The van der Waals surface area contributed by atoms with Crippen molar-refractivity contribution < 1.29 is 0 Å². The van der Waals surface area contributed by atoms with E-state index in [-0.39, 0.29) is 0 Å². The van der Waals surface area contributed by atoms with Gasteiger partial charge in [-0.1, -0.05) is 177 Å². The van der Waals surface area contributed by atoms with Crippen molar-refractivity contribution in [1.82, 2.24) is 0 Å². The summed E-state index contributed by atoms with van der Waals surface area (Å²) in [5.74, 6) is 0. The van der Waals surface area contributed by atoms with Gasteiger partial charge in [0, 0.05) is 0 Å². The van der Waals surface area contributed by atoms with Crippen LogP contribution in [0.1, 0.15) is 66.5 Å². The fourth-order valence-corrected chi connectivity index (χ4v) is 4.40. The first-order valence-electron chi connectivity index (χ1n) is 14.3. The molecule has 0 aliphatic carbocycles.